The molecule has 0 unspecified atom stereocenters. The molecule has 1 fully saturated rings. The van der Waals surface area contributed by atoms with Crippen molar-refractivity contribution in [3.8, 4) is 23.3 Å². The lowest BCUT2D eigenvalue weighted by Gasteiger charge is -2.30. The van der Waals surface area contributed by atoms with Crippen LogP contribution in [-0.2, 0) is 13.6 Å². The van der Waals surface area contributed by atoms with Crippen LogP contribution in [0.2, 0.25) is 0 Å². The van der Waals surface area contributed by atoms with Crippen LogP contribution in [0, 0.1) is 11.3 Å². The van der Waals surface area contributed by atoms with Gasteiger partial charge in [0.15, 0.2) is 5.82 Å². The standard InChI is InChI=1S/C25H26N6O2.ClH/c1-29-23-19(12-17(14-22(23)33-2)25(32)30-10-5-7-18(27)15-30)28-24(29)21-13-16-6-3-4-8-20(16)31(21)11-9-26;/h3-4,6,8,12-14,18H,5,7,10-11,15,27H2,1-2H3;1H/t18-;/m1./s1. The van der Waals surface area contributed by atoms with Gasteiger partial charge in [-0.3, -0.25) is 4.79 Å². The average molecular weight is 479 g/mol. The Morgan fingerprint density at radius 3 is 2.82 bits per heavy atom. The van der Waals surface area contributed by atoms with Crippen LogP contribution in [0.3, 0.4) is 0 Å². The van der Waals surface area contributed by atoms with Gasteiger partial charge in [-0.05, 0) is 37.1 Å². The molecule has 0 bridgehead atoms. The number of halogens is 1. The van der Waals surface area contributed by atoms with Gasteiger partial charge in [-0.15, -0.1) is 12.4 Å². The van der Waals surface area contributed by atoms with E-state index in [9.17, 15) is 10.1 Å². The number of methoxy groups -OCH3 is 1. The minimum atomic E-state index is -0.0591. The third-order valence-electron chi connectivity index (χ3n) is 6.41. The van der Waals surface area contributed by atoms with Crippen molar-refractivity contribution >= 4 is 40.3 Å². The Morgan fingerprint density at radius 2 is 2.09 bits per heavy atom. The first kappa shape index (κ1) is 23.6. The highest BCUT2D eigenvalue weighted by atomic mass is 35.5. The van der Waals surface area contributed by atoms with Crippen LogP contribution >= 0.6 is 12.4 Å². The van der Waals surface area contributed by atoms with Gasteiger partial charge in [-0.25, -0.2) is 4.98 Å². The molecule has 1 aliphatic rings. The van der Waals surface area contributed by atoms with Gasteiger partial charge < -0.3 is 24.5 Å². The van der Waals surface area contributed by atoms with Crippen molar-refractivity contribution in [1.82, 2.24) is 19.0 Å². The minimum Gasteiger partial charge on any atom is -0.494 e. The lowest BCUT2D eigenvalue weighted by molar-refractivity contribution is 0.0708. The number of piperidine rings is 1. The van der Waals surface area contributed by atoms with Crippen molar-refractivity contribution in [2.24, 2.45) is 12.8 Å². The number of aromatic nitrogens is 3. The van der Waals surface area contributed by atoms with Gasteiger partial charge >= 0.3 is 0 Å². The zero-order valence-corrected chi connectivity index (χ0v) is 20.0. The van der Waals surface area contributed by atoms with Gasteiger partial charge in [0.1, 0.15) is 17.8 Å². The van der Waals surface area contributed by atoms with E-state index < -0.39 is 0 Å². The maximum Gasteiger partial charge on any atom is 0.254 e. The van der Waals surface area contributed by atoms with Gasteiger partial charge in [0.05, 0.1) is 24.4 Å². The van der Waals surface area contributed by atoms with Crippen LogP contribution in [0.1, 0.15) is 23.2 Å². The van der Waals surface area contributed by atoms with Crippen molar-refractivity contribution in [1.29, 1.82) is 5.26 Å². The highest BCUT2D eigenvalue weighted by Crippen LogP contribution is 2.34. The van der Waals surface area contributed by atoms with Gasteiger partial charge in [-0.2, -0.15) is 5.26 Å². The predicted molar refractivity (Wildman–Crippen MR) is 134 cm³/mol. The van der Waals surface area contributed by atoms with Gasteiger partial charge in [0.25, 0.3) is 5.91 Å². The molecule has 1 aliphatic heterocycles. The topological polar surface area (TPSA) is 102 Å². The molecule has 34 heavy (non-hydrogen) atoms. The Morgan fingerprint density at radius 1 is 1.29 bits per heavy atom. The summed E-state index contributed by atoms with van der Waals surface area (Å²) in [5.41, 5.74) is 9.91. The van der Waals surface area contributed by atoms with Crippen molar-refractivity contribution in [3.05, 3.63) is 48.0 Å². The summed E-state index contributed by atoms with van der Waals surface area (Å²) in [5, 5.41) is 10.5. The number of rotatable bonds is 4. The molecular formula is C25H27ClN6O2. The molecule has 0 aliphatic carbocycles. The largest absolute Gasteiger partial charge is 0.494 e. The summed E-state index contributed by atoms with van der Waals surface area (Å²) in [6, 6.07) is 15.9. The number of nitrogens with zero attached hydrogens (tertiary/aromatic N) is 5. The number of amides is 1. The third kappa shape index (κ3) is 3.87. The summed E-state index contributed by atoms with van der Waals surface area (Å²) >= 11 is 0. The second-order valence-electron chi connectivity index (χ2n) is 8.53. The zero-order valence-electron chi connectivity index (χ0n) is 19.2. The van der Waals surface area contributed by atoms with Crippen molar-refractivity contribution in [3.63, 3.8) is 0 Å². The highest BCUT2D eigenvalue weighted by Gasteiger charge is 2.25. The Hall–Kier alpha value is -3.54. The summed E-state index contributed by atoms with van der Waals surface area (Å²) in [4.78, 5) is 19.9. The monoisotopic (exact) mass is 478 g/mol. The van der Waals surface area contributed by atoms with Gasteiger partial charge in [0, 0.05) is 42.6 Å². The molecule has 2 aromatic heterocycles. The van der Waals surface area contributed by atoms with E-state index >= 15 is 0 Å². The second-order valence-corrected chi connectivity index (χ2v) is 8.53. The summed E-state index contributed by atoms with van der Waals surface area (Å²) < 4.78 is 9.60. The number of hydrogen-bond acceptors (Lipinski definition) is 5. The maximum atomic E-state index is 13.2. The summed E-state index contributed by atoms with van der Waals surface area (Å²) in [6.07, 6.45) is 1.84. The molecule has 1 amide bonds. The van der Waals surface area contributed by atoms with Crippen molar-refractivity contribution in [2.75, 3.05) is 20.2 Å². The number of likely N-dealkylation sites (tertiary alicyclic amines) is 1. The van der Waals surface area contributed by atoms with Crippen LogP contribution < -0.4 is 10.5 Å². The van der Waals surface area contributed by atoms with E-state index in [2.05, 4.69) is 6.07 Å². The molecule has 5 rings (SSSR count). The van der Waals surface area contributed by atoms with E-state index in [1.807, 2.05) is 57.5 Å². The van der Waals surface area contributed by atoms with Crippen LogP contribution in [0.5, 0.6) is 5.75 Å². The molecule has 4 aromatic rings. The quantitative estimate of drug-likeness (QED) is 0.481. The fourth-order valence-corrected chi connectivity index (χ4v) is 4.83. The smallest absolute Gasteiger partial charge is 0.254 e. The fraction of sp³-hybridized carbons (Fsp3) is 0.320. The fourth-order valence-electron chi connectivity index (χ4n) is 4.83. The van der Waals surface area contributed by atoms with Crippen LogP contribution in [0.4, 0.5) is 0 Å². The van der Waals surface area contributed by atoms with E-state index in [0.717, 1.165) is 35.0 Å². The number of imidazole rings is 1. The number of carbonyl (C=O) groups is 1. The predicted octanol–water partition coefficient (Wildman–Crippen LogP) is 3.71. The summed E-state index contributed by atoms with van der Waals surface area (Å²) in [5.74, 6) is 1.23. The molecule has 3 heterocycles. The first-order valence-corrected chi connectivity index (χ1v) is 11.1. The SMILES string of the molecule is COc1cc(C(=O)N2CCC[C@@H](N)C2)cc2nc(-c3cc4ccccc4n3CC#N)n(C)c12.Cl. The van der Waals surface area contributed by atoms with Crippen molar-refractivity contribution in [2.45, 2.75) is 25.4 Å². The lowest BCUT2D eigenvalue weighted by Crippen LogP contribution is -2.45. The van der Waals surface area contributed by atoms with E-state index in [1.165, 1.54) is 0 Å². The number of fused-ring (bicyclic) bond motifs is 2. The Kier molecular flexibility index (Phi) is 6.51. The first-order valence-electron chi connectivity index (χ1n) is 11.1. The van der Waals surface area contributed by atoms with E-state index in [4.69, 9.17) is 15.5 Å². The highest BCUT2D eigenvalue weighted by molar-refractivity contribution is 6.00. The minimum absolute atomic E-state index is 0. The van der Waals surface area contributed by atoms with Gasteiger partial charge in [-0.1, -0.05) is 18.2 Å². The van der Waals surface area contributed by atoms with Crippen LogP contribution in [0.15, 0.2) is 42.5 Å². The molecule has 1 saturated heterocycles. The number of nitriles is 1. The molecule has 8 nitrogen and oxygen atoms in total. The third-order valence-corrected chi connectivity index (χ3v) is 6.41. The molecule has 2 N–H and O–H groups in total. The summed E-state index contributed by atoms with van der Waals surface area (Å²) in [7, 11) is 3.52. The molecule has 176 valence electrons. The number of ether oxygens (including phenoxy) is 1. The number of aryl methyl sites for hydroxylation is 1. The Bertz CT molecular complexity index is 1420. The normalized spacial score (nSPS) is 15.8. The maximum absolute atomic E-state index is 13.2. The first-order chi connectivity index (χ1) is 16.0. The number of benzene rings is 2. The number of carbonyl (C=O) groups excluding carboxylic acids is 1. The van der Waals surface area contributed by atoms with E-state index in [-0.39, 0.29) is 30.9 Å². The van der Waals surface area contributed by atoms with Gasteiger partial charge in [0.2, 0.25) is 0 Å². The average Bonchev–Trinajstić information content (AvgIpc) is 3.36. The summed E-state index contributed by atoms with van der Waals surface area (Å²) in [6.45, 7) is 1.47. The van der Waals surface area contributed by atoms with E-state index in [1.54, 1.807) is 13.2 Å². The zero-order chi connectivity index (χ0) is 23.1. The lowest BCUT2D eigenvalue weighted by atomic mass is 10.0. The number of para-hydroxylation sites is 1. The number of hydrogen-bond donors (Lipinski definition) is 1. The molecule has 0 spiro atoms. The Balaban J connectivity index is 0.00000274. The van der Waals surface area contributed by atoms with Crippen molar-refractivity contribution < 1.29 is 9.53 Å². The molecule has 1 atom stereocenters. The Labute approximate surface area is 203 Å². The second kappa shape index (κ2) is 9.37. The van der Waals surface area contributed by atoms with E-state index in [0.29, 0.717) is 35.7 Å². The molecule has 2 aromatic carbocycles. The number of nitrogens with two attached hydrogens (primary N) is 1. The molecule has 0 radical (unpaired) electrons. The molecule has 9 heteroatoms. The van der Waals surface area contributed by atoms with Crippen LogP contribution in [0.25, 0.3) is 33.5 Å². The molecule has 0 saturated carbocycles. The van der Waals surface area contributed by atoms with Crippen LogP contribution in [-0.4, -0.2) is 51.2 Å². The molecular weight excluding hydrogens is 452 g/mol.